The molecule has 144 valence electrons. The average Bonchev–Trinajstić information content (AvgIpc) is 2.64. The molecule has 0 aliphatic heterocycles. The van der Waals surface area contributed by atoms with Crippen molar-refractivity contribution in [2.24, 2.45) is 10.7 Å². The van der Waals surface area contributed by atoms with Gasteiger partial charge in [0.1, 0.15) is 5.75 Å². The van der Waals surface area contributed by atoms with Crippen molar-refractivity contribution in [1.29, 1.82) is 0 Å². The maximum atomic E-state index is 10.7. The van der Waals surface area contributed by atoms with E-state index in [9.17, 15) is 4.79 Å². The number of rotatable bonds is 8. The van der Waals surface area contributed by atoms with Crippen LogP contribution in [0.2, 0.25) is 5.02 Å². The molecule has 2 aromatic rings. The van der Waals surface area contributed by atoms with Gasteiger partial charge in [-0.25, -0.2) is 0 Å². The van der Waals surface area contributed by atoms with E-state index in [1.165, 1.54) is 0 Å². The minimum atomic E-state index is -0.489. The number of carbonyl (C=O) groups excluding carboxylic acids is 1. The van der Waals surface area contributed by atoms with E-state index in [4.69, 9.17) is 22.1 Å². The first kappa shape index (κ1) is 20.6. The molecule has 0 bridgehead atoms. The van der Waals surface area contributed by atoms with Crippen LogP contribution in [0.1, 0.15) is 11.1 Å². The van der Waals surface area contributed by atoms with Crippen molar-refractivity contribution >= 4 is 23.5 Å². The van der Waals surface area contributed by atoms with Gasteiger partial charge < -0.3 is 20.7 Å². The van der Waals surface area contributed by atoms with Gasteiger partial charge in [0, 0.05) is 32.2 Å². The van der Waals surface area contributed by atoms with Gasteiger partial charge in [-0.15, -0.1) is 0 Å². The van der Waals surface area contributed by atoms with Crippen molar-refractivity contribution in [3.8, 4) is 5.75 Å². The van der Waals surface area contributed by atoms with Gasteiger partial charge in [-0.05, 0) is 41.8 Å². The first-order valence-corrected chi connectivity index (χ1v) is 9.02. The second kappa shape index (κ2) is 10.4. The zero-order chi connectivity index (χ0) is 19.6. The molecule has 27 heavy (non-hydrogen) atoms. The van der Waals surface area contributed by atoms with Crippen molar-refractivity contribution in [3.63, 3.8) is 0 Å². The summed E-state index contributed by atoms with van der Waals surface area (Å²) in [5.41, 5.74) is 7.34. The minimum Gasteiger partial charge on any atom is -0.484 e. The first-order chi connectivity index (χ1) is 13.0. The standard InChI is InChI=1S/C20H25ClN4O2/c1-23-20(25(2)13-16-4-3-5-17(21)12-16)24-11-10-15-6-8-18(9-7-15)27-14-19(22)26/h3-9,12H,10-11,13-14H2,1-2H3,(H2,22,26)(H,23,24). The van der Waals surface area contributed by atoms with Crippen LogP contribution >= 0.6 is 11.6 Å². The molecule has 0 aliphatic rings. The molecule has 6 nitrogen and oxygen atoms in total. The molecular formula is C20H25ClN4O2. The molecule has 2 rings (SSSR count). The highest BCUT2D eigenvalue weighted by Gasteiger charge is 2.07. The zero-order valence-electron chi connectivity index (χ0n) is 15.6. The Balaban J connectivity index is 1.81. The van der Waals surface area contributed by atoms with Crippen LogP contribution in [-0.4, -0.2) is 44.0 Å². The molecule has 7 heteroatoms. The second-order valence-electron chi connectivity index (χ2n) is 6.11. The van der Waals surface area contributed by atoms with Gasteiger partial charge in [0.15, 0.2) is 12.6 Å². The number of carbonyl (C=O) groups is 1. The Hall–Kier alpha value is -2.73. The number of nitrogens with one attached hydrogen (secondary N) is 1. The maximum Gasteiger partial charge on any atom is 0.255 e. The van der Waals surface area contributed by atoms with E-state index in [0.717, 1.165) is 35.1 Å². The van der Waals surface area contributed by atoms with E-state index in [0.29, 0.717) is 12.3 Å². The Labute approximate surface area is 165 Å². The average molecular weight is 389 g/mol. The summed E-state index contributed by atoms with van der Waals surface area (Å²) >= 11 is 6.04. The molecule has 0 atom stereocenters. The van der Waals surface area contributed by atoms with Crippen molar-refractivity contribution in [3.05, 3.63) is 64.7 Å². The van der Waals surface area contributed by atoms with Gasteiger partial charge >= 0.3 is 0 Å². The molecule has 0 fully saturated rings. The number of hydrogen-bond acceptors (Lipinski definition) is 3. The number of nitrogens with two attached hydrogens (primary N) is 1. The lowest BCUT2D eigenvalue weighted by Crippen LogP contribution is -2.39. The number of guanidine groups is 1. The number of nitrogens with zero attached hydrogens (tertiary/aromatic N) is 2. The zero-order valence-corrected chi connectivity index (χ0v) is 16.4. The van der Waals surface area contributed by atoms with Crippen LogP contribution in [0.15, 0.2) is 53.5 Å². The molecular weight excluding hydrogens is 364 g/mol. The molecule has 0 saturated carbocycles. The molecule has 0 unspecified atom stereocenters. The van der Waals surface area contributed by atoms with Gasteiger partial charge in [0.25, 0.3) is 5.91 Å². The van der Waals surface area contributed by atoms with Crippen molar-refractivity contribution in [2.75, 3.05) is 27.2 Å². The molecule has 0 spiro atoms. The molecule has 0 aromatic heterocycles. The Morgan fingerprint density at radius 1 is 1.22 bits per heavy atom. The van der Waals surface area contributed by atoms with Gasteiger partial charge in [0.2, 0.25) is 0 Å². The second-order valence-corrected chi connectivity index (χ2v) is 6.55. The van der Waals surface area contributed by atoms with Gasteiger partial charge in [-0.2, -0.15) is 0 Å². The Bertz CT molecular complexity index is 778. The third-order valence-electron chi connectivity index (χ3n) is 3.88. The number of aliphatic imine (C=N–C) groups is 1. The van der Waals surface area contributed by atoms with E-state index >= 15 is 0 Å². The third kappa shape index (κ3) is 7.19. The highest BCUT2D eigenvalue weighted by Crippen LogP contribution is 2.13. The van der Waals surface area contributed by atoms with E-state index in [1.807, 2.05) is 60.5 Å². The molecule has 0 saturated heterocycles. The monoisotopic (exact) mass is 388 g/mol. The summed E-state index contributed by atoms with van der Waals surface area (Å²) in [7, 11) is 3.75. The lowest BCUT2D eigenvalue weighted by molar-refractivity contribution is -0.119. The van der Waals surface area contributed by atoms with Gasteiger partial charge in [0.05, 0.1) is 0 Å². The predicted molar refractivity (Wildman–Crippen MR) is 109 cm³/mol. The first-order valence-electron chi connectivity index (χ1n) is 8.64. The number of amides is 1. The summed E-state index contributed by atoms with van der Waals surface area (Å²) in [5.74, 6) is 0.954. The van der Waals surface area contributed by atoms with E-state index < -0.39 is 5.91 Å². The van der Waals surface area contributed by atoms with Gasteiger partial charge in [-0.1, -0.05) is 35.9 Å². The van der Waals surface area contributed by atoms with Crippen LogP contribution < -0.4 is 15.8 Å². The van der Waals surface area contributed by atoms with Crippen LogP contribution in [0.4, 0.5) is 0 Å². The molecule has 1 amide bonds. The highest BCUT2D eigenvalue weighted by molar-refractivity contribution is 6.30. The summed E-state index contributed by atoms with van der Waals surface area (Å²) in [6.45, 7) is 1.34. The molecule has 0 heterocycles. The van der Waals surface area contributed by atoms with Crippen molar-refractivity contribution < 1.29 is 9.53 Å². The maximum absolute atomic E-state index is 10.7. The number of primary amides is 1. The fraction of sp³-hybridized carbons (Fsp3) is 0.300. The Kier molecular flexibility index (Phi) is 7.95. The Morgan fingerprint density at radius 2 is 1.96 bits per heavy atom. The fourth-order valence-corrected chi connectivity index (χ4v) is 2.81. The molecule has 0 aliphatic carbocycles. The topological polar surface area (TPSA) is 80.0 Å². The van der Waals surface area contributed by atoms with E-state index in [2.05, 4.69) is 10.3 Å². The largest absolute Gasteiger partial charge is 0.484 e. The van der Waals surface area contributed by atoms with Crippen LogP contribution in [-0.2, 0) is 17.8 Å². The van der Waals surface area contributed by atoms with E-state index in [1.54, 1.807) is 7.05 Å². The number of halogens is 1. The smallest absolute Gasteiger partial charge is 0.255 e. The SMILES string of the molecule is CN=C(NCCc1ccc(OCC(N)=O)cc1)N(C)Cc1cccc(Cl)c1. The van der Waals surface area contributed by atoms with Gasteiger partial charge in [-0.3, -0.25) is 9.79 Å². The van der Waals surface area contributed by atoms with Crippen LogP contribution in [0.3, 0.4) is 0 Å². The normalized spacial score (nSPS) is 11.1. The minimum absolute atomic E-state index is 0.115. The quantitative estimate of drug-likeness (QED) is 0.537. The lowest BCUT2D eigenvalue weighted by Gasteiger charge is -2.22. The van der Waals surface area contributed by atoms with Crippen LogP contribution in [0.5, 0.6) is 5.75 Å². The van der Waals surface area contributed by atoms with Crippen LogP contribution in [0, 0.1) is 0 Å². The fourth-order valence-electron chi connectivity index (χ4n) is 2.59. The summed E-state index contributed by atoms with van der Waals surface area (Å²) in [5, 5.41) is 4.09. The van der Waals surface area contributed by atoms with Crippen LogP contribution in [0.25, 0.3) is 0 Å². The van der Waals surface area contributed by atoms with Crippen molar-refractivity contribution in [2.45, 2.75) is 13.0 Å². The molecule has 3 N–H and O–H groups in total. The number of benzene rings is 2. The lowest BCUT2D eigenvalue weighted by atomic mass is 10.1. The summed E-state index contributed by atoms with van der Waals surface area (Å²) in [4.78, 5) is 17.1. The molecule has 0 radical (unpaired) electrons. The highest BCUT2D eigenvalue weighted by atomic mass is 35.5. The summed E-state index contributed by atoms with van der Waals surface area (Å²) < 4.78 is 5.25. The molecule has 2 aromatic carbocycles. The Morgan fingerprint density at radius 3 is 2.59 bits per heavy atom. The summed E-state index contributed by atoms with van der Waals surface area (Å²) in [6.07, 6.45) is 0.833. The number of hydrogen-bond donors (Lipinski definition) is 2. The predicted octanol–water partition coefficient (Wildman–Crippen LogP) is 2.45. The number of ether oxygens (including phenoxy) is 1. The summed E-state index contributed by atoms with van der Waals surface area (Å²) in [6, 6.07) is 15.4. The van der Waals surface area contributed by atoms with E-state index in [-0.39, 0.29) is 6.61 Å². The third-order valence-corrected chi connectivity index (χ3v) is 4.12. The van der Waals surface area contributed by atoms with Crippen molar-refractivity contribution in [1.82, 2.24) is 10.2 Å².